The Balaban J connectivity index is 4.41. The predicted octanol–water partition coefficient (Wildman–Crippen LogP) is 19.7. The van der Waals surface area contributed by atoms with E-state index in [1.54, 1.807) is 0 Å². The molecule has 0 N–H and O–H groups in total. The molecule has 0 amide bonds. The van der Waals surface area contributed by atoms with Crippen LogP contribution in [0.1, 0.15) is 271 Å². The molecule has 0 aliphatic carbocycles. The van der Waals surface area contributed by atoms with Gasteiger partial charge in [-0.15, -0.1) is 0 Å². The highest BCUT2D eigenvalue weighted by atomic mass is 16.6. The molecule has 0 aromatic carbocycles. The minimum Gasteiger partial charge on any atom is -0.462 e. The summed E-state index contributed by atoms with van der Waals surface area (Å²) in [6, 6.07) is 0. The third-order valence-electron chi connectivity index (χ3n) is 12.3. The number of hydrogen-bond acceptors (Lipinski definition) is 6. The normalized spacial score (nSPS) is 12.8. The van der Waals surface area contributed by atoms with Gasteiger partial charge in [-0.05, 0) is 103 Å². The van der Waals surface area contributed by atoms with Gasteiger partial charge in [-0.2, -0.15) is 0 Å². The zero-order valence-corrected chi connectivity index (χ0v) is 45.8. The molecule has 0 spiro atoms. The number of allylic oxidation sites excluding steroid dienone is 16. The van der Waals surface area contributed by atoms with Crippen LogP contribution in [0.25, 0.3) is 0 Å². The standard InChI is InChI=1S/C64H108O6/c1-4-7-10-13-16-19-22-25-27-29-30-31-32-33-34-36-37-39-42-45-48-51-54-57-63(66)69-60-61(59-68-62(65)56-53-50-47-44-41-24-21-18-15-12-9-6-3)70-64(67)58-55-52-49-46-43-40-38-35-28-26-23-20-17-14-11-8-5-2/h7,10,16-17,19-20,25-28,30-31,33-34,37,39,61H,4-6,8-9,11-15,18,21-24,29,32,35-36,38,40-60H2,1-3H3/b10-7-,19-16-,20-17-,27-25-,28-26-,31-30-,34-33-,39-37-. The lowest BCUT2D eigenvalue weighted by atomic mass is 10.0. The number of unbranched alkanes of at least 4 members (excludes halogenated alkanes) is 25. The summed E-state index contributed by atoms with van der Waals surface area (Å²) in [6.07, 6.45) is 76.8. The van der Waals surface area contributed by atoms with Crippen LogP contribution in [0, 0.1) is 0 Å². The van der Waals surface area contributed by atoms with E-state index in [0.717, 1.165) is 122 Å². The summed E-state index contributed by atoms with van der Waals surface area (Å²) in [6.45, 7) is 6.48. The lowest BCUT2D eigenvalue weighted by Crippen LogP contribution is -2.30. The van der Waals surface area contributed by atoms with Gasteiger partial charge >= 0.3 is 17.9 Å². The average Bonchev–Trinajstić information content (AvgIpc) is 3.36. The van der Waals surface area contributed by atoms with E-state index in [0.29, 0.717) is 19.3 Å². The van der Waals surface area contributed by atoms with E-state index >= 15 is 0 Å². The van der Waals surface area contributed by atoms with Crippen LogP contribution >= 0.6 is 0 Å². The summed E-state index contributed by atoms with van der Waals surface area (Å²) in [5.41, 5.74) is 0. The smallest absolute Gasteiger partial charge is 0.306 e. The van der Waals surface area contributed by atoms with Crippen molar-refractivity contribution in [2.75, 3.05) is 13.2 Å². The second-order valence-electron chi connectivity index (χ2n) is 19.2. The van der Waals surface area contributed by atoms with Crippen LogP contribution in [0.5, 0.6) is 0 Å². The molecule has 0 heterocycles. The lowest BCUT2D eigenvalue weighted by molar-refractivity contribution is -0.167. The Hall–Kier alpha value is -3.67. The average molecular weight is 974 g/mol. The zero-order chi connectivity index (χ0) is 50.7. The minimum absolute atomic E-state index is 0.0877. The van der Waals surface area contributed by atoms with Crippen LogP contribution in [0.3, 0.4) is 0 Å². The second-order valence-corrected chi connectivity index (χ2v) is 19.2. The van der Waals surface area contributed by atoms with Crippen molar-refractivity contribution < 1.29 is 28.6 Å². The zero-order valence-electron chi connectivity index (χ0n) is 45.8. The van der Waals surface area contributed by atoms with Gasteiger partial charge in [0, 0.05) is 19.3 Å². The van der Waals surface area contributed by atoms with Crippen LogP contribution in [-0.4, -0.2) is 37.2 Å². The van der Waals surface area contributed by atoms with Crippen LogP contribution in [0.4, 0.5) is 0 Å². The topological polar surface area (TPSA) is 78.9 Å². The Labute approximate surface area is 432 Å². The Morgan fingerprint density at radius 2 is 0.557 bits per heavy atom. The highest BCUT2D eigenvalue weighted by Crippen LogP contribution is 2.15. The van der Waals surface area contributed by atoms with E-state index in [4.69, 9.17) is 14.2 Å². The minimum atomic E-state index is -0.792. The number of hydrogen-bond donors (Lipinski definition) is 0. The fourth-order valence-electron chi connectivity index (χ4n) is 7.95. The molecule has 400 valence electrons. The van der Waals surface area contributed by atoms with E-state index in [9.17, 15) is 14.4 Å². The molecule has 0 radical (unpaired) electrons. The van der Waals surface area contributed by atoms with Crippen LogP contribution < -0.4 is 0 Å². The number of esters is 3. The van der Waals surface area contributed by atoms with Crippen molar-refractivity contribution in [3.05, 3.63) is 97.2 Å². The van der Waals surface area contributed by atoms with Gasteiger partial charge in [0.25, 0.3) is 0 Å². The highest BCUT2D eigenvalue weighted by Gasteiger charge is 2.19. The van der Waals surface area contributed by atoms with Crippen molar-refractivity contribution in [3.63, 3.8) is 0 Å². The molecule has 0 saturated heterocycles. The molecule has 0 bridgehead atoms. The van der Waals surface area contributed by atoms with E-state index < -0.39 is 6.10 Å². The van der Waals surface area contributed by atoms with Crippen LogP contribution in [0.15, 0.2) is 97.2 Å². The second kappa shape index (κ2) is 57.9. The summed E-state index contributed by atoms with van der Waals surface area (Å²) < 4.78 is 16.8. The molecule has 0 aliphatic rings. The van der Waals surface area contributed by atoms with Crippen LogP contribution in [-0.2, 0) is 28.6 Å². The molecule has 0 saturated carbocycles. The molecule has 1 atom stereocenters. The third kappa shape index (κ3) is 55.3. The molecule has 1 unspecified atom stereocenters. The maximum atomic E-state index is 12.9. The van der Waals surface area contributed by atoms with Gasteiger partial charge in [-0.3, -0.25) is 14.4 Å². The molecule has 6 nitrogen and oxygen atoms in total. The first-order chi connectivity index (χ1) is 34.5. The van der Waals surface area contributed by atoms with E-state index in [1.807, 2.05) is 0 Å². The third-order valence-corrected chi connectivity index (χ3v) is 12.3. The number of rotatable bonds is 52. The summed E-state index contributed by atoms with van der Waals surface area (Å²) in [5.74, 6) is -0.917. The molecule has 6 heteroatoms. The van der Waals surface area contributed by atoms with Gasteiger partial charge in [0.1, 0.15) is 13.2 Å². The molecule has 0 fully saturated rings. The fourth-order valence-corrected chi connectivity index (χ4v) is 7.95. The number of ether oxygens (including phenoxy) is 3. The van der Waals surface area contributed by atoms with Crippen molar-refractivity contribution in [2.24, 2.45) is 0 Å². The molecule has 0 aromatic rings. The fraction of sp³-hybridized carbons (Fsp3) is 0.703. The molecule has 0 aliphatic heterocycles. The first-order valence-electron chi connectivity index (χ1n) is 29.2. The largest absolute Gasteiger partial charge is 0.462 e. The Morgan fingerprint density at radius 3 is 0.900 bits per heavy atom. The van der Waals surface area contributed by atoms with Gasteiger partial charge in [0.15, 0.2) is 6.10 Å². The quantitative estimate of drug-likeness (QED) is 0.0262. The van der Waals surface area contributed by atoms with Gasteiger partial charge in [-0.1, -0.05) is 246 Å². The molecular weight excluding hydrogens is 865 g/mol. The summed E-state index contributed by atoms with van der Waals surface area (Å²) in [5, 5.41) is 0. The maximum Gasteiger partial charge on any atom is 0.306 e. The predicted molar refractivity (Wildman–Crippen MR) is 302 cm³/mol. The number of carbonyl (C=O) groups excluding carboxylic acids is 3. The van der Waals surface area contributed by atoms with Gasteiger partial charge in [0.05, 0.1) is 0 Å². The van der Waals surface area contributed by atoms with E-state index in [2.05, 4.69) is 118 Å². The Kier molecular flexibility index (Phi) is 54.9. The highest BCUT2D eigenvalue weighted by molar-refractivity contribution is 5.71. The first kappa shape index (κ1) is 66.3. The van der Waals surface area contributed by atoms with Crippen molar-refractivity contribution in [1.29, 1.82) is 0 Å². The summed E-state index contributed by atoms with van der Waals surface area (Å²) >= 11 is 0. The van der Waals surface area contributed by atoms with Gasteiger partial charge < -0.3 is 14.2 Å². The van der Waals surface area contributed by atoms with Crippen molar-refractivity contribution in [3.8, 4) is 0 Å². The maximum absolute atomic E-state index is 12.9. The van der Waals surface area contributed by atoms with Crippen molar-refractivity contribution in [2.45, 2.75) is 277 Å². The van der Waals surface area contributed by atoms with E-state index in [-0.39, 0.29) is 31.1 Å². The van der Waals surface area contributed by atoms with Crippen LogP contribution in [0.2, 0.25) is 0 Å². The van der Waals surface area contributed by atoms with Gasteiger partial charge in [-0.25, -0.2) is 0 Å². The summed E-state index contributed by atoms with van der Waals surface area (Å²) in [4.78, 5) is 38.2. The Morgan fingerprint density at radius 1 is 0.300 bits per heavy atom. The molecule has 70 heavy (non-hydrogen) atoms. The summed E-state index contributed by atoms with van der Waals surface area (Å²) in [7, 11) is 0. The first-order valence-corrected chi connectivity index (χ1v) is 29.2. The monoisotopic (exact) mass is 973 g/mol. The molecule has 0 aromatic heterocycles. The molecular formula is C64H108O6. The lowest BCUT2D eigenvalue weighted by Gasteiger charge is -2.18. The van der Waals surface area contributed by atoms with Gasteiger partial charge in [0.2, 0.25) is 0 Å². The van der Waals surface area contributed by atoms with E-state index in [1.165, 1.54) is 109 Å². The number of carbonyl (C=O) groups is 3. The van der Waals surface area contributed by atoms with Crippen molar-refractivity contribution >= 4 is 17.9 Å². The Bertz CT molecular complexity index is 1400. The van der Waals surface area contributed by atoms with Crippen molar-refractivity contribution in [1.82, 2.24) is 0 Å². The molecule has 0 rings (SSSR count). The SMILES string of the molecule is CC/C=C\C/C=C\C/C=C\C/C=C\C/C=C\C/C=C\CCCCCCC(=O)OCC(COC(=O)CCCCCCCCCCCCCC)OC(=O)CCCCCCCCC/C=C\C/C=C\CCCCC.